The van der Waals surface area contributed by atoms with Gasteiger partial charge in [0.25, 0.3) is 0 Å². The van der Waals surface area contributed by atoms with E-state index in [9.17, 15) is 4.39 Å². The first-order valence-electron chi connectivity index (χ1n) is 4.37. The molecule has 0 bridgehead atoms. The molecule has 1 aromatic rings. The minimum Gasteiger partial charge on any atom is -0.365 e. The highest BCUT2D eigenvalue weighted by Crippen LogP contribution is 2.28. The Balaban J connectivity index is 2.02. The summed E-state index contributed by atoms with van der Waals surface area (Å²) in [7, 11) is 0. The topological polar surface area (TPSA) is 24.9 Å². The molecule has 0 aliphatic heterocycles. The fourth-order valence-corrected chi connectivity index (χ4v) is 1.96. The van der Waals surface area contributed by atoms with Gasteiger partial charge in [-0.15, -0.1) is 11.6 Å². The lowest BCUT2D eigenvalue weighted by molar-refractivity contribution is 0.450. The van der Waals surface area contributed by atoms with E-state index in [2.05, 4.69) is 10.3 Å². The van der Waals surface area contributed by atoms with Crippen LogP contribution in [-0.2, 0) is 0 Å². The zero-order valence-electron chi connectivity index (χ0n) is 7.30. The standard InChI is InChI=1S/C9H9Cl2FN2/c10-5-1-7(2-5)14-9-8(12)3-6(11)4-13-9/h3-5,7H,1-2H2,(H,13,14). The van der Waals surface area contributed by atoms with E-state index in [4.69, 9.17) is 23.2 Å². The van der Waals surface area contributed by atoms with E-state index in [0.717, 1.165) is 12.8 Å². The van der Waals surface area contributed by atoms with Gasteiger partial charge in [0.05, 0.1) is 5.02 Å². The molecule has 1 aliphatic carbocycles. The summed E-state index contributed by atoms with van der Waals surface area (Å²) in [5, 5.41) is 3.49. The lowest BCUT2D eigenvalue weighted by atomic mass is 9.92. The largest absolute Gasteiger partial charge is 0.365 e. The third-order valence-corrected chi connectivity index (χ3v) is 2.79. The van der Waals surface area contributed by atoms with E-state index < -0.39 is 5.82 Å². The summed E-state index contributed by atoms with van der Waals surface area (Å²) in [5.41, 5.74) is 0. The zero-order valence-corrected chi connectivity index (χ0v) is 8.82. The second-order valence-corrected chi connectivity index (χ2v) is 4.45. The van der Waals surface area contributed by atoms with E-state index in [1.54, 1.807) is 0 Å². The Bertz CT molecular complexity index is 340. The minimum absolute atomic E-state index is 0.211. The van der Waals surface area contributed by atoms with Crippen molar-refractivity contribution < 1.29 is 4.39 Å². The molecule has 0 spiro atoms. The highest BCUT2D eigenvalue weighted by Gasteiger charge is 2.27. The maximum Gasteiger partial charge on any atom is 0.166 e. The van der Waals surface area contributed by atoms with Crippen molar-refractivity contribution in [3.8, 4) is 0 Å². The maximum atomic E-state index is 13.2. The van der Waals surface area contributed by atoms with Crippen LogP contribution in [0.3, 0.4) is 0 Å². The van der Waals surface area contributed by atoms with E-state index >= 15 is 0 Å². The normalized spacial score (nSPS) is 25.6. The van der Waals surface area contributed by atoms with Gasteiger partial charge in [-0.2, -0.15) is 0 Å². The fourth-order valence-electron chi connectivity index (χ4n) is 1.38. The number of aromatic nitrogens is 1. The van der Waals surface area contributed by atoms with Crippen LogP contribution in [0.15, 0.2) is 12.3 Å². The van der Waals surface area contributed by atoms with Crippen LogP contribution >= 0.6 is 23.2 Å². The van der Waals surface area contributed by atoms with Gasteiger partial charge in [0, 0.05) is 17.6 Å². The first kappa shape index (κ1) is 9.99. The average molecular weight is 235 g/mol. The number of rotatable bonds is 2. The van der Waals surface area contributed by atoms with Crippen LogP contribution in [0, 0.1) is 5.82 Å². The van der Waals surface area contributed by atoms with E-state index in [0.29, 0.717) is 5.02 Å². The smallest absolute Gasteiger partial charge is 0.166 e. The van der Waals surface area contributed by atoms with Gasteiger partial charge in [-0.3, -0.25) is 0 Å². The van der Waals surface area contributed by atoms with Gasteiger partial charge in [-0.05, 0) is 18.9 Å². The van der Waals surface area contributed by atoms with Crippen molar-refractivity contribution >= 4 is 29.0 Å². The quantitative estimate of drug-likeness (QED) is 0.797. The van der Waals surface area contributed by atoms with Crippen molar-refractivity contribution in [3.05, 3.63) is 23.1 Å². The molecule has 2 rings (SSSR count). The molecule has 1 aliphatic rings. The first-order chi connectivity index (χ1) is 6.65. The minimum atomic E-state index is -0.421. The predicted octanol–water partition coefficient (Wildman–Crippen LogP) is 3.06. The first-order valence-corrected chi connectivity index (χ1v) is 5.18. The summed E-state index contributed by atoms with van der Waals surface area (Å²) in [6.07, 6.45) is 3.13. The molecular formula is C9H9Cl2FN2. The molecule has 1 N–H and O–H groups in total. The number of anilines is 1. The van der Waals surface area contributed by atoms with Gasteiger partial charge in [0.2, 0.25) is 0 Å². The number of hydrogen-bond donors (Lipinski definition) is 1. The highest BCUT2D eigenvalue weighted by molar-refractivity contribution is 6.30. The molecule has 0 radical (unpaired) electrons. The molecule has 1 aromatic heterocycles. The van der Waals surface area contributed by atoms with E-state index in [1.807, 2.05) is 0 Å². The van der Waals surface area contributed by atoms with Crippen LogP contribution in [-0.4, -0.2) is 16.4 Å². The Morgan fingerprint density at radius 2 is 2.21 bits per heavy atom. The summed E-state index contributed by atoms with van der Waals surface area (Å²) in [4.78, 5) is 3.86. The van der Waals surface area contributed by atoms with Gasteiger partial charge in [0.1, 0.15) is 0 Å². The van der Waals surface area contributed by atoms with Crippen molar-refractivity contribution in [2.24, 2.45) is 0 Å². The third kappa shape index (κ3) is 2.10. The van der Waals surface area contributed by atoms with Crippen LogP contribution in [0.2, 0.25) is 5.02 Å². The van der Waals surface area contributed by atoms with E-state index in [-0.39, 0.29) is 17.2 Å². The molecule has 76 valence electrons. The number of nitrogens with one attached hydrogen (secondary N) is 1. The third-order valence-electron chi connectivity index (χ3n) is 2.23. The number of hydrogen-bond acceptors (Lipinski definition) is 2. The van der Waals surface area contributed by atoms with Crippen LogP contribution in [0.25, 0.3) is 0 Å². The highest BCUT2D eigenvalue weighted by atomic mass is 35.5. The lowest BCUT2D eigenvalue weighted by Gasteiger charge is -2.31. The molecule has 1 fully saturated rings. The molecule has 0 amide bonds. The maximum absolute atomic E-state index is 13.2. The zero-order chi connectivity index (χ0) is 10.1. The fraction of sp³-hybridized carbons (Fsp3) is 0.444. The Morgan fingerprint density at radius 3 is 2.79 bits per heavy atom. The van der Waals surface area contributed by atoms with Crippen LogP contribution in [0.1, 0.15) is 12.8 Å². The second kappa shape index (κ2) is 3.91. The summed E-state index contributed by atoms with van der Waals surface area (Å²) in [6, 6.07) is 1.48. The molecule has 1 saturated carbocycles. The Kier molecular flexibility index (Phi) is 2.79. The Hall–Kier alpha value is -0.540. The number of nitrogens with zero attached hydrogens (tertiary/aromatic N) is 1. The van der Waals surface area contributed by atoms with Crippen LogP contribution in [0.4, 0.5) is 10.2 Å². The Morgan fingerprint density at radius 1 is 1.50 bits per heavy atom. The average Bonchev–Trinajstić information content (AvgIpc) is 2.06. The number of pyridine rings is 1. The van der Waals surface area contributed by atoms with Gasteiger partial charge in [-0.25, -0.2) is 9.37 Å². The second-order valence-electron chi connectivity index (χ2n) is 3.39. The lowest BCUT2D eigenvalue weighted by Crippen LogP contribution is -2.36. The predicted molar refractivity (Wildman–Crippen MR) is 55.5 cm³/mol. The number of halogens is 3. The molecule has 0 unspecified atom stereocenters. The molecule has 1 heterocycles. The van der Waals surface area contributed by atoms with Gasteiger partial charge >= 0.3 is 0 Å². The summed E-state index contributed by atoms with van der Waals surface area (Å²) in [5.74, 6) is -0.168. The van der Waals surface area contributed by atoms with Crippen molar-refractivity contribution in [1.82, 2.24) is 4.98 Å². The summed E-state index contributed by atoms with van der Waals surface area (Å²) < 4.78 is 13.2. The van der Waals surface area contributed by atoms with E-state index in [1.165, 1.54) is 12.3 Å². The molecule has 14 heavy (non-hydrogen) atoms. The van der Waals surface area contributed by atoms with Crippen LogP contribution < -0.4 is 5.32 Å². The SMILES string of the molecule is Fc1cc(Cl)cnc1NC1CC(Cl)C1. The molecule has 5 heteroatoms. The Labute approximate surface area is 91.4 Å². The molecule has 2 nitrogen and oxygen atoms in total. The van der Waals surface area contributed by atoms with Crippen molar-refractivity contribution in [1.29, 1.82) is 0 Å². The van der Waals surface area contributed by atoms with Crippen molar-refractivity contribution in [2.75, 3.05) is 5.32 Å². The molecule has 0 aromatic carbocycles. The van der Waals surface area contributed by atoms with Gasteiger partial charge in [-0.1, -0.05) is 11.6 Å². The molecular weight excluding hydrogens is 226 g/mol. The molecule has 0 saturated heterocycles. The summed E-state index contributed by atoms with van der Waals surface area (Å²) >= 11 is 11.4. The monoisotopic (exact) mass is 234 g/mol. The van der Waals surface area contributed by atoms with Gasteiger partial charge in [0.15, 0.2) is 11.6 Å². The van der Waals surface area contributed by atoms with Crippen molar-refractivity contribution in [2.45, 2.75) is 24.3 Å². The van der Waals surface area contributed by atoms with Crippen molar-refractivity contribution in [3.63, 3.8) is 0 Å². The molecule has 0 atom stereocenters. The van der Waals surface area contributed by atoms with Crippen LogP contribution in [0.5, 0.6) is 0 Å². The van der Waals surface area contributed by atoms with Gasteiger partial charge < -0.3 is 5.32 Å². The summed E-state index contributed by atoms with van der Waals surface area (Å²) in [6.45, 7) is 0. The number of alkyl halides is 1.